The van der Waals surface area contributed by atoms with E-state index in [2.05, 4.69) is 9.88 Å². The van der Waals surface area contributed by atoms with E-state index in [4.69, 9.17) is 5.73 Å². The van der Waals surface area contributed by atoms with E-state index in [0.717, 1.165) is 36.2 Å². The lowest BCUT2D eigenvalue weighted by Crippen LogP contribution is -2.26. The lowest BCUT2D eigenvalue weighted by Gasteiger charge is -2.18. The van der Waals surface area contributed by atoms with Crippen molar-refractivity contribution in [2.75, 3.05) is 37.3 Å². The monoisotopic (exact) mass is 379 g/mol. The SMILES string of the molecule is CN(C(=O)c1ccccc1)c1ccc2c(c1)nc(N)n2CCN1CCC(O)C1. The zero-order valence-corrected chi connectivity index (χ0v) is 16.0. The fraction of sp³-hybridized carbons (Fsp3) is 0.333. The second-order valence-corrected chi connectivity index (χ2v) is 7.27. The molecule has 1 aliphatic heterocycles. The highest BCUT2D eigenvalue weighted by Crippen LogP contribution is 2.25. The van der Waals surface area contributed by atoms with Gasteiger partial charge in [-0.1, -0.05) is 18.2 Å². The number of β-amino-alcohol motifs (C(OH)–C–C–N with tert-alkyl or cyclic N) is 1. The Hall–Kier alpha value is -2.90. The number of carbonyl (C=O) groups excluding carboxylic acids is 1. The summed E-state index contributed by atoms with van der Waals surface area (Å²) in [5, 5.41) is 9.68. The summed E-state index contributed by atoms with van der Waals surface area (Å²) < 4.78 is 1.99. The van der Waals surface area contributed by atoms with Crippen LogP contribution in [-0.2, 0) is 6.54 Å². The second kappa shape index (κ2) is 7.61. The fourth-order valence-electron chi connectivity index (χ4n) is 3.73. The van der Waals surface area contributed by atoms with Gasteiger partial charge in [0.05, 0.1) is 17.1 Å². The molecular formula is C21H25N5O2. The molecule has 1 aliphatic rings. The van der Waals surface area contributed by atoms with E-state index < -0.39 is 0 Å². The van der Waals surface area contributed by atoms with Gasteiger partial charge in [-0.3, -0.25) is 9.69 Å². The van der Waals surface area contributed by atoms with Crippen LogP contribution in [0.3, 0.4) is 0 Å². The molecule has 1 unspecified atom stereocenters. The molecule has 0 saturated carbocycles. The van der Waals surface area contributed by atoms with Gasteiger partial charge in [-0.25, -0.2) is 4.98 Å². The van der Waals surface area contributed by atoms with E-state index in [1.165, 1.54) is 0 Å². The van der Waals surface area contributed by atoms with Crippen molar-refractivity contribution in [2.45, 2.75) is 19.1 Å². The molecule has 1 atom stereocenters. The Kier molecular flexibility index (Phi) is 5.02. The molecule has 1 amide bonds. The van der Waals surface area contributed by atoms with Gasteiger partial charge in [-0.05, 0) is 36.8 Å². The molecule has 3 aromatic rings. The minimum atomic E-state index is -0.225. The van der Waals surface area contributed by atoms with Crippen LogP contribution >= 0.6 is 0 Å². The number of benzene rings is 2. The Labute approximate surface area is 164 Å². The normalized spacial score (nSPS) is 17.3. The summed E-state index contributed by atoms with van der Waals surface area (Å²) >= 11 is 0. The standard InChI is InChI=1S/C21H25N5O2/c1-24(20(28)15-5-3-2-4-6-15)16-7-8-19-18(13-16)23-21(22)26(19)12-11-25-10-9-17(27)14-25/h2-8,13,17,27H,9-12,14H2,1H3,(H2,22,23). The van der Waals surface area contributed by atoms with Crippen LogP contribution in [0.25, 0.3) is 11.0 Å². The molecular weight excluding hydrogens is 354 g/mol. The minimum absolute atomic E-state index is 0.0695. The van der Waals surface area contributed by atoms with Gasteiger partial charge in [-0.15, -0.1) is 0 Å². The predicted molar refractivity (Wildman–Crippen MR) is 110 cm³/mol. The maximum Gasteiger partial charge on any atom is 0.258 e. The van der Waals surface area contributed by atoms with Crippen molar-refractivity contribution in [1.82, 2.24) is 14.5 Å². The highest BCUT2D eigenvalue weighted by molar-refractivity contribution is 6.06. The largest absolute Gasteiger partial charge is 0.392 e. The Balaban J connectivity index is 1.54. The van der Waals surface area contributed by atoms with Gasteiger partial charge in [-0.2, -0.15) is 0 Å². The first-order valence-electron chi connectivity index (χ1n) is 9.52. The zero-order valence-electron chi connectivity index (χ0n) is 16.0. The maximum absolute atomic E-state index is 12.7. The van der Waals surface area contributed by atoms with Crippen LogP contribution in [0.2, 0.25) is 0 Å². The van der Waals surface area contributed by atoms with Crippen molar-refractivity contribution >= 4 is 28.6 Å². The first kappa shape index (κ1) is 18.5. The molecule has 0 radical (unpaired) electrons. The van der Waals surface area contributed by atoms with Crippen molar-refractivity contribution < 1.29 is 9.90 Å². The van der Waals surface area contributed by atoms with Gasteiger partial charge >= 0.3 is 0 Å². The van der Waals surface area contributed by atoms with Crippen LogP contribution in [0.15, 0.2) is 48.5 Å². The van der Waals surface area contributed by atoms with Gasteiger partial charge in [0.2, 0.25) is 5.95 Å². The molecule has 146 valence electrons. The minimum Gasteiger partial charge on any atom is -0.392 e. The summed E-state index contributed by atoms with van der Waals surface area (Å²) in [7, 11) is 1.76. The van der Waals surface area contributed by atoms with Crippen molar-refractivity contribution in [3.63, 3.8) is 0 Å². The van der Waals surface area contributed by atoms with Crippen molar-refractivity contribution in [2.24, 2.45) is 0 Å². The van der Waals surface area contributed by atoms with Crippen LogP contribution in [0.4, 0.5) is 11.6 Å². The molecule has 7 heteroatoms. The van der Waals surface area contributed by atoms with Crippen molar-refractivity contribution in [3.8, 4) is 0 Å². The molecule has 1 fully saturated rings. The first-order valence-corrected chi connectivity index (χ1v) is 9.52. The third-order valence-corrected chi connectivity index (χ3v) is 5.36. The van der Waals surface area contributed by atoms with Gasteiger partial charge in [0.15, 0.2) is 0 Å². The predicted octanol–water partition coefficient (Wildman–Crippen LogP) is 1.96. The molecule has 2 aromatic carbocycles. The molecule has 1 aromatic heterocycles. The lowest BCUT2D eigenvalue weighted by atomic mass is 10.2. The van der Waals surface area contributed by atoms with E-state index in [1.54, 1.807) is 24.1 Å². The van der Waals surface area contributed by atoms with Crippen LogP contribution in [0.5, 0.6) is 0 Å². The van der Waals surface area contributed by atoms with E-state index >= 15 is 0 Å². The van der Waals surface area contributed by atoms with Crippen LogP contribution in [-0.4, -0.2) is 58.3 Å². The number of carbonyl (C=O) groups is 1. The summed E-state index contributed by atoms with van der Waals surface area (Å²) in [4.78, 5) is 21.0. The topological polar surface area (TPSA) is 87.6 Å². The number of aromatic nitrogens is 2. The van der Waals surface area contributed by atoms with E-state index in [1.807, 2.05) is 41.0 Å². The summed E-state index contributed by atoms with van der Waals surface area (Å²) in [6.45, 7) is 3.15. The molecule has 1 saturated heterocycles. The van der Waals surface area contributed by atoms with Crippen LogP contribution < -0.4 is 10.6 Å². The average molecular weight is 379 g/mol. The lowest BCUT2D eigenvalue weighted by molar-refractivity contribution is 0.0993. The molecule has 28 heavy (non-hydrogen) atoms. The third-order valence-electron chi connectivity index (χ3n) is 5.36. The number of aliphatic hydroxyl groups is 1. The van der Waals surface area contributed by atoms with E-state index in [9.17, 15) is 9.90 Å². The van der Waals surface area contributed by atoms with Gasteiger partial charge in [0.1, 0.15) is 0 Å². The molecule has 4 rings (SSSR count). The number of hydrogen-bond acceptors (Lipinski definition) is 5. The number of likely N-dealkylation sites (tertiary alicyclic amines) is 1. The van der Waals surface area contributed by atoms with Crippen molar-refractivity contribution in [3.05, 3.63) is 54.1 Å². The molecule has 2 heterocycles. The molecule has 0 bridgehead atoms. The number of amides is 1. The van der Waals surface area contributed by atoms with E-state index in [0.29, 0.717) is 24.6 Å². The fourth-order valence-corrected chi connectivity index (χ4v) is 3.73. The highest BCUT2D eigenvalue weighted by Gasteiger charge is 2.20. The number of rotatable bonds is 5. The van der Waals surface area contributed by atoms with E-state index in [-0.39, 0.29) is 12.0 Å². The molecule has 3 N–H and O–H groups in total. The van der Waals surface area contributed by atoms with Crippen molar-refractivity contribution in [1.29, 1.82) is 0 Å². The summed E-state index contributed by atoms with van der Waals surface area (Å²) in [6.07, 6.45) is 0.600. The zero-order chi connectivity index (χ0) is 19.7. The Morgan fingerprint density at radius 1 is 1.25 bits per heavy atom. The average Bonchev–Trinajstić information content (AvgIpc) is 3.27. The summed E-state index contributed by atoms with van der Waals surface area (Å²) in [6, 6.07) is 15.0. The Morgan fingerprint density at radius 2 is 2.04 bits per heavy atom. The van der Waals surface area contributed by atoms with Gasteiger partial charge < -0.3 is 20.3 Å². The quantitative estimate of drug-likeness (QED) is 0.708. The Bertz CT molecular complexity index is 985. The number of anilines is 2. The smallest absolute Gasteiger partial charge is 0.258 e. The summed E-state index contributed by atoms with van der Waals surface area (Å²) in [5.41, 5.74) is 9.27. The molecule has 7 nitrogen and oxygen atoms in total. The number of imidazole rings is 1. The molecule has 0 spiro atoms. The highest BCUT2D eigenvalue weighted by atomic mass is 16.3. The van der Waals surface area contributed by atoms with Crippen LogP contribution in [0, 0.1) is 0 Å². The Morgan fingerprint density at radius 3 is 2.75 bits per heavy atom. The summed E-state index contributed by atoms with van der Waals surface area (Å²) in [5.74, 6) is 0.392. The third kappa shape index (κ3) is 3.58. The number of hydrogen-bond donors (Lipinski definition) is 2. The maximum atomic E-state index is 12.7. The number of fused-ring (bicyclic) bond motifs is 1. The van der Waals surface area contributed by atoms with Gasteiger partial charge in [0, 0.05) is 44.5 Å². The first-order chi connectivity index (χ1) is 13.5. The number of nitrogens with two attached hydrogens (primary N) is 1. The second-order valence-electron chi connectivity index (χ2n) is 7.27. The van der Waals surface area contributed by atoms with Gasteiger partial charge in [0.25, 0.3) is 5.91 Å². The number of nitrogen functional groups attached to an aromatic ring is 1. The molecule has 0 aliphatic carbocycles. The number of aliphatic hydroxyl groups excluding tert-OH is 1. The van der Waals surface area contributed by atoms with Crippen LogP contribution in [0.1, 0.15) is 16.8 Å². The number of nitrogens with zero attached hydrogens (tertiary/aromatic N) is 4.